The van der Waals surface area contributed by atoms with Crippen molar-refractivity contribution < 1.29 is 13.2 Å². The first-order valence-corrected chi connectivity index (χ1v) is 10.5. The second-order valence-electron chi connectivity index (χ2n) is 6.58. The molecule has 2 atom stereocenters. The maximum absolute atomic E-state index is 12.6. The molecule has 1 aromatic rings. The normalized spacial score (nSPS) is 20.4. The van der Waals surface area contributed by atoms with E-state index >= 15 is 0 Å². The number of hydrogen-bond acceptors (Lipinski definition) is 3. The molecule has 1 aliphatic carbocycles. The molecule has 0 aromatic heterocycles. The molecule has 6 heteroatoms. The molecule has 0 bridgehead atoms. The summed E-state index contributed by atoms with van der Waals surface area (Å²) in [7, 11) is -3.63. The molecule has 0 spiro atoms. The van der Waals surface area contributed by atoms with Crippen molar-refractivity contribution in [2.45, 2.75) is 56.4 Å². The quantitative estimate of drug-likeness (QED) is 0.661. The smallest absolute Gasteiger partial charge is 0.251 e. The van der Waals surface area contributed by atoms with Crippen LogP contribution in [0.4, 0.5) is 0 Å². The molecule has 0 radical (unpaired) electrons. The van der Waals surface area contributed by atoms with Gasteiger partial charge in [0.2, 0.25) is 10.0 Å². The van der Waals surface area contributed by atoms with Crippen molar-refractivity contribution in [1.82, 2.24) is 10.0 Å². The molecule has 1 saturated carbocycles. The lowest BCUT2D eigenvalue weighted by Gasteiger charge is -2.21. The number of unbranched alkanes of at least 4 members (excludes halogenated alkanes) is 1. The van der Waals surface area contributed by atoms with Gasteiger partial charge in [0.25, 0.3) is 5.91 Å². The zero-order valence-electron chi connectivity index (χ0n) is 14.8. The van der Waals surface area contributed by atoms with E-state index in [1.807, 2.05) is 0 Å². The molecule has 2 rings (SSSR count). The molecule has 5 nitrogen and oxygen atoms in total. The summed E-state index contributed by atoms with van der Waals surface area (Å²) in [5.41, 5.74) is 0.377. The molecule has 2 unspecified atom stereocenters. The fourth-order valence-electron chi connectivity index (χ4n) is 3.35. The van der Waals surface area contributed by atoms with E-state index in [9.17, 15) is 13.2 Å². The van der Waals surface area contributed by atoms with E-state index in [-0.39, 0.29) is 23.4 Å². The third-order valence-electron chi connectivity index (χ3n) is 4.73. The topological polar surface area (TPSA) is 75.3 Å². The van der Waals surface area contributed by atoms with Gasteiger partial charge < -0.3 is 5.32 Å². The number of sulfonamides is 1. The maximum atomic E-state index is 12.6. The summed E-state index contributed by atoms with van der Waals surface area (Å²) in [5.74, 6) is 0.333. The zero-order valence-corrected chi connectivity index (χ0v) is 15.6. The van der Waals surface area contributed by atoms with Crippen molar-refractivity contribution in [3.63, 3.8) is 0 Å². The van der Waals surface area contributed by atoms with Gasteiger partial charge in [0.15, 0.2) is 0 Å². The first-order chi connectivity index (χ1) is 12.0. The van der Waals surface area contributed by atoms with Crippen LogP contribution in [0.15, 0.2) is 41.8 Å². The van der Waals surface area contributed by atoms with Crippen molar-refractivity contribution in [1.29, 1.82) is 0 Å². The van der Waals surface area contributed by atoms with Gasteiger partial charge in [-0.15, -0.1) is 6.58 Å². The second kappa shape index (κ2) is 9.15. The van der Waals surface area contributed by atoms with Crippen molar-refractivity contribution in [3.05, 3.63) is 42.5 Å². The molecule has 25 heavy (non-hydrogen) atoms. The number of carbonyl (C=O) groups is 1. The Labute approximate surface area is 151 Å². The van der Waals surface area contributed by atoms with Crippen molar-refractivity contribution in [2.24, 2.45) is 5.92 Å². The van der Waals surface area contributed by atoms with E-state index < -0.39 is 10.0 Å². The highest BCUT2D eigenvalue weighted by Crippen LogP contribution is 2.30. The number of rotatable bonds is 9. The van der Waals surface area contributed by atoms with Gasteiger partial charge >= 0.3 is 0 Å². The largest absolute Gasteiger partial charge is 0.349 e. The van der Waals surface area contributed by atoms with Crippen LogP contribution in [0.1, 0.15) is 55.8 Å². The van der Waals surface area contributed by atoms with Crippen molar-refractivity contribution in [3.8, 4) is 0 Å². The van der Waals surface area contributed by atoms with Crippen LogP contribution in [-0.4, -0.2) is 26.9 Å². The van der Waals surface area contributed by atoms with E-state index in [1.165, 1.54) is 24.6 Å². The van der Waals surface area contributed by atoms with Gasteiger partial charge in [-0.05, 0) is 43.4 Å². The minimum atomic E-state index is -3.63. The summed E-state index contributed by atoms with van der Waals surface area (Å²) in [6.07, 6.45) is 8.25. The Hall–Kier alpha value is -1.66. The molecule has 0 aliphatic heterocycles. The van der Waals surface area contributed by atoms with Crippen molar-refractivity contribution >= 4 is 15.9 Å². The standard InChI is InChI=1S/C19H28N2O3S/c1-3-5-8-15-9-7-12-18(15)21-19(22)16-10-6-11-17(14-16)25(23,24)20-13-4-2/h4,6,10-11,14-15,18,20H,2-3,5,7-9,12-13H2,1H3,(H,21,22). The fourth-order valence-corrected chi connectivity index (χ4v) is 4.39. The minimum Gasteiger partial charge on any atom is -0.349 e. The Kier molecular flexibility index (Phi) is 7.20. The van der Waals surface area contributed by atoms with Gasteiger partial charge in [-0.2, -0.15) is 0 Å². The lowest BCUT2D eigenvalue weighted by atomic mass is 9.96. The molecule has 138 valence electrons. The predicted octanol–water partition coefficient (Wildman–Crippen LogP) is 3.24. The summed E-state index contributed by atoms with van der Waals surface area (Å²) in [4.78, 5) is 12.7. The number of carbonyl (C=O) groups excluding carboxylic acids is 1. The van der Waals surface area contributed by atoms with Gasteiger partial charge in [0, 0.05) is 18.2 Å². The predicted molar refractivity (Wildman–Crippen MR) is 99.9 cm³/mol. The summed E-state index contributed by atoms with van der Waals surface area (Å²) >= 11 is 0. The summed E-state index contributed by atoms with van der Waals surface area (Å²) in [6, 6.07) is 6.36. The van der Waals surface area contributed by atoms with Gasteiger partial charge in [-0.3, -0.25) is 4.79 Å². The Morgan fingerprint density at radius 3 is 2.88 bits per heavy atom. The van der Waals surface area contributed by atoms with E-state index in [2.05, 4.69) is 23.5 Å². The molecule has 1 amide bonds. The van der Waals surface area contributed by atoms with Crippen LogP contribution in [0, 0.1) is 5.92 Å². The van der Waals surface area contributed by atoms with Crippen LogP contribution in [0.2, 0.25) is 0 Å². The lowest BCUT2D eigenvalue weighted by Crippen LogP contribution is -2.37. The SMILES string of the molecule is C=CCNS(=O)(=O)c1cccc(C(=O)NC2CCCC2CCCC)c1. The monoisotopic (exact) mass is 364 g/mol. The Balaban J connectivity index is 2.07. The Morgan fingerprint density at radius 1 is 1.36 bits per heavy atom. The molecule has 0 saturated heterocycles. The molecule has 0 heterocycles. The van der Waals surface area contributed by atoms with Crippen LogP contribution in [0.25, 0.3) is 0 Å². The first-order valence-electron chi connectivity index (χ1n) is 8.99. The summed E-state index contributed by atoms with van der Waals surface area (Å²) < 4.78 is 26.8. The van der Waals surface area contributed by atoms with E-state index in [4.69, 9.17) is 0 Å². The van der Waals surface area contributed by atoms with Crippen LogP contribution >= 0.6 is 0 Å². The molecular formula is C19H28N2O3S. The van der Waals surface area contributed by atoms with Crippen LogP contribution in [0.3, 0.4) is 0 Å². The highest BCUT2D eigenvalue weighted by atomic mass is 32.2. The Bertz CT molecular complexity index is 700. The zero-order chi connectivity index (χ0) is 18.3. The van der Waals surface area contributed by atoms with Gasteiger partial charge in [0.1, 0.15) is 0 Å². The van der Waals surface area contributed by atoms with Gasteiger partial charge in [-0.1, -0.05) is 38.3 Å². The maximum Gasteiger partial charge on any atom is 0.251 e. The number of nitrogens with one attached hydrogen (secondary N) is 2. The Morgan fingerprint density at radius 2 is 2.16 bits per heavy atom. The highest BCUT2D eigenvalue weighted by molar-refractivity contribution is 7.89. The molecule has 1 fully saturated rings. The van der Waals surface area contributed by atoms with E-state index in [0.29, 0.717) is 11.5 Å². The minimum absolute atomic E-state index is 0.0935. The fraction of sp³-hybridized carbons (Fsp3) is 0.526. The molecule has 1 aliphatic rings. The van der Waals surface area contributed by atoms with E-state index in [0.717, 1.165) is 32.1 Å². The lowest BCUT2D eigenvalue weighted by molar-refractivity contribution is 0.0926. The van der Waals surface area contributed by atoms with E-state index in [1.54, 1.807) is 12.1 Å². The average molecular weight is 365 g/mol. The van der Waals surface area contributed by atoms with Gasteiger partial charge in [0.05, 0.1) is 4.90 Å². The number of hydrogen-bond donors (Lipinski definition) is 2. The van der Waals surface area contributed by atoms with Crippen LogP contribution in [0.5, 0.6) is 0 Å². The summed E-state index contributed by atoms with van der Waals surface area (Å²) in [5, 5.41) is 3.11. The van der Waals surface area contributed by atoms with Crippen LogP contribution in [-0.2, 0) is 10.0 Å². The average Bonchev–Trinajstić information content (AvgIpc) is 3.05. The highest BCUT2D eigenvalue weighted by Gasteiger charge is 2.28. The second-order valence-corrected chi connectivity index (χ2v) is 8.35. The third-order valence-corrected chi connectivity index (χ3v) is 6.15. The first kappa shape index (κ1) is 19.7. The third kappa shape index (κ3) is 5.41. The molecule has 2 N–H and O–H groups in total. The van der Waals surface area contributed by atoms with Gasteiger partial charge in [-0.25, -0.2) is 13.1 Å². The van der Waals surface area contributed by atoms with Crippen LogP contribution < -0.4 is 10.0 Å². The molecular weight excluding hydrogens is 336 g/mol. The number of benzene rings is 1. The van der Waals surface area contributed by atoms with Crippen molar-refractivity contribution in [2.75, 3.05) is 6.54 Å². The summed E-state index contributed by atoms with van der Waals surface area (Å²) in [6.45, 7) is 5.83. The number of amides is 1. The molecule has 1 aromatic carbocycles.